The molecule has 14 heavy (non-hydrogen) atoms. The molecule has 0 saturated heterocycles. The molecule has 0 aromatic heterocycles. The Morgan fingerprint density at radius 1 is 1.71 bits per heavy atom. The molecule has 0 aliphatic rings. The van der Waals surface area contributed by atoms with E-state index in [1.807, 2.05) is 0 Å². The Morgan fingerprint density at radius 3 is 2.71 bits per heavy atom. The number of carboxylic acids is 1. The molecular weight excluding hydrogens is 278 g/mol. The van der Waals surface area contributed by atoms with E-state index in [2.05, 4.69) is 15.9 Å². The van der Waals surface area contributed by atoms with Gasteiger partial charge < -0.3 is 9.84 Å². The molecule has 6 heteroatoms. The van der Waals surface area contributed by atoms with Gasteiger partial charge in [-0.2, -0.15) is 0 Å². The van der Waals surface area contributed by atoms with Gasteiger partial charge in [-0.15, -0.1) is 0 Å². The fourth-order valence-electron chi connectivity index (χ4n) is 0.885. The maximum atomic E-state index is 13.2. The van der Waals surface area contributed by atoms with E-state index in [0.29, 0.717) is 0 Å². The van der Waals surface area contributed by atoms with Crippen molar-refractivity contribution >= 4 is 33.5 Å². The number of ether oxygens (including phenoxy) is 1. The van der Waals surface area contributed by atoms with Crippen molar-refractivity contribution in [3.8, 4) is 5.75 Å². The van der Waals surface area contributed by atoms with E-state index in [4.69, 9.17) is 21.4 Å². The molecule has 1 aromatic carbocycles. The molecule has 0 heterocycles. The molecule has 0 amide bonds. The minimum absolute atomic E-state index is 0.175. The van der Waals surface area contributed by atoms with E-state index in [0.717, 1.165) is 6.07 Å². The molecule has 0 unspecified atom stereocenters. The van der Waals surface area contributed by atoms with Crippen LogP contribution in [0.4, 0.5) is 4.39 Å². The molecule has 76 valence electrons. The molecule has 0 fully saturated rings. The van der Waals surface area contributed by atoms with E-state index >= 15 is 0 Å². The van der Waals surface area contributed by atoms with E-state index < -0.39 is 17.3 Å². The van der Waals surface area contributed by atoms with E-state index in [-0.39, 0.29) is 15.2 Å². The maximum absolute atomic E-state index is 13.2. The van der Waals surface area contributed by atoms with Crippen LogP contribution in [0, 0.1) is 5.82 Å². The van der Waals surface area contributed by atoms with Crippen molar-refractivity contribution < 1.29 is 19.0 Å². The monoisotopic (exact) mass is 282 g/mol. The molecule has 1 aromatic rings. The Labute approximate surface area is 92.6 Å². The van der Waals surface area contributed by atoms with E-state index in [1.165, 1.54) is 7.11 Å². The fraction of sp³-hybridized carbons (Fsp3) is 0.125. The third-order valence-corrected chi connectivity index (χ3v) is 2.93. The molecule has 1 N–H and O–H groups in total. The minimum atomic E-state index is -1.39. The molecule has 0 bridgehead atoms. The molecule has 3 nitrogen and oxygen atoms in total. The standard InChI is InChI=1S/C8H5BrClFO3/c1-14-4-2-3(8(12)13)7(11)6(10)5(4)9/h2H,1H3,(H,12,13). The number of halogens is 3. The predicted molar refractivity (Wildman–Crippen MR) is 52.6 cm³/mol. The van der Waals surface area contributed by atoms with Crippen LogP contribution in [0.1, 0.15) is 10.4 Å². The summed E-state index contributed by atoms with van der Waals surface area (Å²) in [4.78, 5) is 10.6. The summed E-state index contributed by atoms with van der Waals surface area (Å²) in [5.74, 6) is -2.20. The number of hydrogen-bond donors (Lipinski definition) is 1. The Bertz CT molecular complexity index is 395. The van der Waals surface area contributed by atoms with Crippen molar-refractivity contribution in [2.45, 2.75) is 0 Å². The van der Waals surface area contributed by atoms with Crippen molar-refractivity contribution in [3.05, 3.63) is 26.9 Å². The third kappa shape index (κ3) is 1.83. The molecule has 0 spiro atoms. The van der Waals surface area contributed by atoms with Gasteiger partial charge in [0.05, 0.1) is 16.6 Å². The maximum Gasteiger partial charge on any atom is 0.338 e. The van der Waals surface area contributed by atoms with Crippen molar-refractivity contribution in [2.24, 2.45) is 0 Å². The zero-order valence-electron chi connectivity index (χ0n) is 6.97. The van der Waals surface area contributed by atoms with Crippen LogP contribution in [-0.4, -0.2) is 18.2 Å². The second-order valence-corrected chi connectivity index (χ2v) is 3.54. The number of rotatable bonds is 2. The van der Waals surface area contributed by atoms with Crippen LogP contribution in [0.3, 0.4) is 0 Å². The normalized spacial score (nSPS) is 10.0. The first kappa shape index (κ1) is 11.3. The predicted octanol–water partition coefficient (Wildman–Crippen LogP) is 2.95. The van der Waals surface area contributed by atoms with Crippen LogP contribution < -0.4 is 4.74 Å². The SMILES string of the molecule is COc1cc(C(=O)O)c(F)c(Cl)c1Br. The first-order chi connectivity index (χ1) is 6.49. The lowest BCUT2D eigenvalue weighted by atomic mass is 10.2. The highest BCUT2D eigenvalue weighted by molar-refractivity contribution is 9.10. The average Bonchev–Trinajstić information content (AvgIpc) is 2.14. The van der Waals surface area contributed by atoms with Gasteiger partial charge in [0.1, 0.15) is 11.3 Å². The smallest absolute Gasteiger partial charge is 0.338 e. The second kappa shape index (κ2) is 4.14. The van der Waals surface area contributed by atoms with E-state index in [9.17, 15) is 9.18 Å². The zero-order valence-corrected chi connectivity index (χ0v) is 9.32. The molecule has 0 radical (unpaired) electrons. The van der Waals surface area contributed by atoms with Gasteiger partial charge in [-0.25, -0.2) is 9.18 Å². The van der Waals surface area contributed by atoms with Gasteiger partial charge in [0.2, 0.25) is 0 Å². The topological polar surface area (TPSA) is 46.5 Å². The molecule has 0 saturated carbocycles. The van der Waals surface area contributed by atoms with Gasteiger partial charge in [0.15, 0.2) is 5.82 Å². The number of methoxy groups -OCH3 is 1. The summed E-state index contributed by atoms with van der Waals surface area (Å²) in [6.07, 6.45) is 0. The van der Waals surface area contributed by atoms with Crippen LogP contribution in [0.25, 0.3) is 0 Å². The summed E-state index contributed by atoms with van der Waals surface area (Å²) in [6, 6.07) is 1.06. The lowest BCUT2D eigenvalue weighted by Gasteiger charge is -2.07. The summed E-state index contributed by atoms with van der Waals surface area (Å²) < 4.78 is 18.2. The average molecular weight is 283 g/mol. The van der Waals surface area contributed by atoms with Crippen molar-refractivity contribution in [1.29, 1.82) is 0 Å². The van der Waals surface area contributed by atoms with Crippen molar-refractivity contribution in [2.75, 3.05) is 7.11 Å². The Balaban J connectivity index is 3.48. The highest BCUT2D eigenvalue weighted by Crippen LogP contribution is 2.36. The van der Waals surface area contributed by atoms with Gasteiger partial charge in [0, 0.05) is 0 Å². The summed E-state index contributed by atoms with van der Waals surface area (Å²) in [6.45, 7) is 0. The number of aromatic carboxylic acids is 1. The van der Waals surface area contributed by atoms with Crippen LogP contribution >= 0.6 is 27.5 Å². The number of carboxylic acid groups (broad SMARTS) is 1. The molecule has 1 rings (SSSR count). The van der Waals surface area contributed by atoms with Crippen molar-refractivity contribution in [3.63, 3.8) is 0 Å². The summed E-state index contributed by atoms with van der Waals surface area (Å²) in [7, 11) is 1.33. The molecule has 0 aliphatic carbocycles. The Kier molecular flexibility index (Phi) is 3.34. The Morgan fingerprint density at radius 2 is 2.29 bits per heavy atom. The first-order valence-corrected chi connectivity index (χ1v) is 4.61. The highest BCUT2D eigenvalue weighted by atomic mass is 79.9. The Hall–Kier alpha value is -0.810. The first-order valence-electron chi connectivity index (χ1n) is 3.43. The van der Waals surface area contributed by atoms with Crippen molar-refractivity contribution in [1.82, 2.24) is 0 Å². The van der Waals surface area contributed by atoms with Gasteiger partial charge in [0.25, 0.3) is 0 Å². The lowest BCUT2D eigenvalue weighted by Crippen LogP contribution is -2.02. The van der Waals surface area contributed by atoms with Crippen LogP contribution in [0.2, 0.25) is 5.02 Å². The van der Waals surface area contributed by atoms with Gasteiger partial charge in [-0.1, -0.05) is 11.6 Å². The molecular formula is C8H5BrClFO3. The summed E-state index contributed by atoms with van der Waals surface area (Å²) >= 11 is 8.53. The third-order valence-electron chi connectivity index (χ3n) is 1.56. The van der Waals surface area contributed by atoms with Gasteiger partial charge in [-0.05, 0) is 22.0 Å². The summed E-state index contributed by atoms with van der Waals surface area (Å²) in [5, 5.41) is 8.33. The number of carbonyl (C=O) groups is 1. The van der Waals surface area contributed by atoms with Gasteiger partial charge >= 0.3 is 5.97 Å². The second-order valence-electron chi connectivity index (χ2n) is 2.37. The van der Waals surface area contributed by atoms with Crippen LogP contribution in [0.15, 0.2) is 10.5 Å². The van der Waals surface area contributed by atoms with E-state index in [1.54, 1.807) is 0 Å². The molecule has 0 aliphatic heterocycles. The number of benzene rings is 1. The van der Waals surface area contributed by atoms with Crippen LogP contribution in [0.5, 0.6) is 5.75 Å². The lowest BCUT2D eigenvalue weighted by molar-refractivity contribution is 0.0691. The number of hydrogen-bond acceptors (Lipinski definition) is 2. The minimum Gasteiger partial charge on any atom is -0.495 e. The quantitative estimate of drug-likeness (QED) is 0.849. The van der Waals surface area contributed by atoms with Crippen LogP contribution in [-0.2, 0) is 0 Å². The zero-order chi connectivity index (χ0) is 10.9. The highest BCUT2D eigenvalue weighted by Gasteiger charge is 2.19. The summed E-state index contributed by atoms with van der Waals surface area (Å²) in [5.41, 5.74) is -0.518. The fourth-order valence-corrected chi connectivity index (χ4v) is 1.53. The molecule has 0 atom stereocenters. The van der Waals surface area contributed by atoms with Gasteiger partial charge in [-0.3, -0.25) is 0 Å². The largest absolute Gasteiger partial charge is 0.495 e.